The molecule has 0 atom stereocenters. The highest BCUT2D eigenvalue weighted by Crippen LogP contribution is 2.18. The van der Waals surface area contributed by atoms with Gasteiger partial charge in [0, 0.05) is 24.4 Å². The van der Waals surface area contributed by atoms with E-state index < -0.39 is 0 Å². The van der Waals surface area contributed by atoms with Crippen LogP contribution in [0.15, 0.2) is 18.5 Å². The molecule has 0 amide bonds. The molecule has 0 saturated heterocycles. The standard InChI is InChI=1S/C11H15NO2/c1-8(2)14-11-4-5-12-7-10(11)6-9(3)13/h4-5,7-8H,6H2,1-3H3. The number of aromatic nitrogens is 1. The summed E-state index contributed by atoms with van der Waals surface area (Å²) in [6, 6.07) is 1.79. The largest absolute Gasteiger partial charge is 0.491 e. The van der Waals surface area contributed by atoms with E-state index in [1.54, 1.807) is 25.4 Å². The zero-order valence-corrected chi connectivity index (χ0v) is 8.78. The zero-order valence-electron chi connectivity index (χ0n) is 8.78. The molecular formula is C11H15NO2. The second-order valence-electron chi connectivity index (χ2n) is 3.53. The Hall–Kier alpha value is -1.38. The molecule has 0 bridgehead atoms. The molecule has 0 saturated carbocycles. The number of carbonyl (C=O) groups excluding carboxylic acids is 1. The van der Waals surface area contributed by atoms with E-state index in [0.29, 0.717) is 6.42 Å². The maximum atomic E-state index is 11.0. The molecule has 0 spiro atoms. The molecule has 0 fully saturated rings. The van der Waals surface area contributed by atoms with E-state index in [4.69, 9.17) is 4.74 Å². The van der Waals surface area contributed by atoms with E-state index in [1.807, 2.05) is 13.8 Å². The fourth-order valence-corrected chi connectivity index (χ4v) is 1.18. The Morgan fingerprint density at radius 3 is 2.86 bits per heavy atom. The minimum Gasteiger partial charge on any atom is -0.491 e. The lowest BCUT2D eigenvalue weighted by molar-refractivity contribution is -0.116. The van der Waals surface area contributed by atoms with Gasteiger partial charge in [-0.25, -0.2) is 0 Å². The number of ether oxygens (including phenoxy) is 1. The third-order valence-corrected chi connectivity index (χ3v) is 1.66. The Kier molecular flexibility index (Phi) is 3.63. The van der Waals surface area contributed by atoms with Crippen molar-refractivity contribution in [3.8, 4) is 5.75 Å². The van der Waals surface area contributed by atoms with E-state index in [2.05, 4.69) is 4.98 Å². The van der Waals surface area contributed by atoms with Gasteiger partial charge in [0.15, 0.2) is 0 Å². The van der Waals surface area contributed by atoms with Crippen LogP contribution in [0.4, 0.5) is 0 Å². The molecule has 1 heterocycles. The average molecular weight is 193 g/mol. The minimum atomic E-state index is 0.114. The Balaban J connectivity index is 2.85. The fourth-order valence-electron chi connectivity index (χ4n) is 1.18. The number of Topliss-reactive ketones (excluding diaryl/α,β-unsaturated/α-hetero) is 1. The number of hydrogen-bond acceptors (Lipinski definition) is 3. The second kappa shape index (κ2) is 4.74. The lowest BCUT2D eigenvalue weighted by atomic mass is 10.1. The van der Waals surface area contributed by atoms with Gasteiger partial charge < -0.3 is 4.74 Å². The van der Waals surface area contributed by atoms with E-state index in [1.165, 1.54) is 0 Å². The van der Waals surface area contributed by atoms with E-state index in [-0.39, 0.29) is 11.9 Å². The molecule has 76 valence electrons. The lowest BCUT2D eigenvalue weighted by Crippen LogP contribution is -2.09. The van der Waals surface area contributed by atoms with Crippen molar-refractivity contribution >= 4 is 5.78 Å². The molecule has 0 unspecified atom stereocenters. The highest BCUT2D eigenvalue weighted by atomic mass is 16.5. The summed E-state index contributed by atoms with van der Waals surface area (Å²) in [5.74, 6) is 0.872. The molecule has 0 aliphatic heterocycles. The molecule has 0 N–H and O–H groups in total. The van der Waals surface area contributed by atoms with Crippen molar-refractivity contribution in [3.63, 3.8) is 0 Å². The highest BCUT2D eigenvalue weighted by molar-refractivity contribution is 5.78. The van der Waals surface area contributed by atoms with Crippen LogP contribution in [-0.4, -0.2) is 16.9 Å². The normalized spacial score (nSPS) is 10.3. The van der Waals surface area contributed by atoms with Gasteiger partial charge in [0.25, 0.3) is 0 Å². The summed E-state index contributed by atoms with van der Waals surface area (Å²) in [6.45, 7) is 5.47. The Bertz CT molecular complexity index is 321. The average Bonchev–Trinajstić information content (AvgIpc) is 2.06. The first kappa shape index (κ1) is 10.7. The van der Waals surface area contributed by atoms with E-state index >= 15 is 0 Å². The summed E-state index contributed by atoms with van der Waals surface area (Å²) >= 11 is 0. The summed E-state index contributed by atoms with van der Waals surface area (Å²) in [5.41, 5.74) is 0.855. The van der Waals surface area contributed by atoms with Gasteiger partial charge in [-0.2, -0.15) is 0 Å². The van der Waals surface area contributed by atoms with Crippen LogP contribution in [0.1, 0.15) is 26.3 Å². The predicted molar refractivity (Wildman–Crippen MR) is 54.4 cm³/mol. The van der Waals surface area contributed by atoms with Crippen molar-refractivity contribution in [2.45, 2.75) is 33.3 Å². The molecule has 14 heavy (non-hydrogen) atoms. The monoisotopic (exact) mass is 193 g/mol. The van der Waals surface area contributed by atoms with Crippen LogP contribution in [0.3, 0.4) is 0 Å². The number of rotatable bonds is 4. The van der Waals surface area contributed by atoms with Crippen molar-refractivity contribution in [3.05, 3.63) is 24.0 Å². The summed E-state index contributed by atoms with van der Waals surface area (Å²) in [5, 5.41) is 0. The number of nitrogens with zero attached hydrogens (tertiary/aromatic N) is 1. The van der Waals surface area contributed by atoms with Gasteiger partial charge in [0.2, 0.25) is 0 Å². The van der Waals surface area contributed by atoms with Crippen LogP contribution >= 0.6 is 0 Å². The Morgan fingerprint density at radius 1 is 1.57 bits per heavy atom. The molecule has 0 aromatic carbocycles. The van der Waals surface area contributed by atoms with Crippen LogP contribution in [0, 0.1) is 0 Å². The van der Waals surface area contributed by atoms with Crippen molar-refractivity contribution < 1.29 is 9.53 Å². The van der Waals surface area contributed by atoms with Crippen molar-refractivity contribution in [2.24, 2.45) is 0 Å². The SMILES string of the molecule is CC(=O)Cc1cnccc1OC(C)C. The predicted octanol–water partition coefficient (Wildman–Crippen LogP) is 2.00. The molecule has 0 aliphatic carbocycles. The van der Waals surface area contributed by atoms with Crippen molar-refractivity contribution in [1.29, 1.82) is 0 Å². The molecule has 1 aromatic rings. The molecule has 1 aromatic heterocycles. The number of pyridine rings is 1. The summed E-state index contributed by atoms with van der Waals surface area (Å²) in [6.07, 6.45) is 3.85. The summed E-state index contributed by atoms with van der Waals surface area (Å²) in [4.78, 5) is 14.9. The molecule has 0 aliphatic rings. The van der Waals surface area contributed by atoms with E-state index in [9.17, 15) is 4.79 Å². The smallest absolute Gasteiger partial charge is 0.134 e. The third kappa shape index (κ3) is 3.17. The van der Waals surface area contributed by atoms with Crippen LogP contribution in [-0.2, 0) is 11.2 Å². The third-order valence-electron chi connectivity index (χ3n) is 1.66. The maximum Gasteiger partial charge on any atom is 0.134 e. The number of ketones is 1. The lowest BCUT2D eigenvalue weighted by Gasteiger charge is -2.12. The quantitative estimate of drug-likeness (QED) is 0.734. The van der Waals surface area contributed by atoms with Gasteiger partial charge in [0.05, 0.1) is 6.10 Å². The van der Waals surface area contributed by atoms with Gasteiger partial charge in [-0.1, -0.05) is 0 Å². The fraction of sp³-hybridized carbons (Fsp3) is 0.455. The first-order valence-electron chi connectivity index (χ1n) is 4.68. The second-order valence-corrected chi connectivity index (χ2v) is 3.53. The molecular weight excluding hydrogens is 178 g/mol. The minimum absolute atomic E-state index is 0.114. The van der Waals surface area contributed by atoms with Crippen molar-refractivity contribution in [1.82, 2.24) is 4.98 Å². The zero-order chi connectivity index (χ0) is 10.6. The number of carbonyl (C=O) groups is 1. The first-order valence-corrected chi connectivity index (χ1v) is 4.68. The Labute approximate surface area is 84.1 Å². The summed E-state index contributed by atoms with van der Waals surface area (Å²) < 4.78 is 5.55. The maximum absolute atomic E-state index is 11.0. The molecule has 3 nitrogen and oxygen atoms in total. The van der Waals surface area contributed by atoms with Gasteiger partial charge >= 0.3 is 0 Å². The van der Waals surface area contributed by atoms with Crippen molar-refractivity contribution in [2.75, 3.05) is 0 Å². The first-order chi connectivity index (χ1) is 6.59. The van der Waals surface area contributed by atoms with Crippen LogP contribution in [0.2, 0.25) is 0 Å². The van der Waals surface area contributed by atoms with Crippen LogP contribution in [0.25, 0.3) is 0 Å². The van der Waals surface area contributed by atoms with Gasteiger partial charge in [0.1, 0.15) is 11.5 Å². The highest BCUT2D eigenvalue weighted by Gasteiger charge is 2.07. The molecule has 0 radical (unpaired) electrons. The van der Waals surface area contributed by atoms with Gasteiger partial charge in [-0.3, -0.25) is 9.78 Å². The van der Waals surface area contributed by atoms with Crippen LogP contribution in [0.5, 0.6) is 5.75 Å². The molecule has 1 rings (SSSR count). The van der Waals surface area contributed by atoms with E-state index in [0.717, 1.165) is 11.3 Å². The van der Waals surface area contributed by atoms with Gasteiger partial charge in [-0.15, -0.1) is 0 Å². The van der Waals surface area contributed by atoms with Crippen LogP contribution < -0.4 is 4.74 Å². The summed E-state index contributed by atoms with van der Waals surface area (Å²) in [7, 11) is 0. The number of hydrogen-bond donors (Lipinski definition) is 0. The molecule has 3 heteroatoms. The van der Waals surface area contributed by atoms with Gasteiger partial charge in [-0.05, 0) is 26.8 Å². The topological polar surface area (TPSA) is 39.2 Å². The Morgan fingerprint density at radius 2 is 2.29 bits per heavy atom.